The van der Waals surface area contributed by atoms with Crippen molar-refractivity contribution in [2.75, 3.05) is 0 Å². The predicted molar refractivity (Wildman–Crippen MR) is 80.8 cm³/mol. The number of aldehydes is 1. The minimum Gasteiger partial charge on any atom is -0.303 e. The zero-order valence-corrected chi connectivity index (χ0v) is 12.0. The Kier molecular flexibility index (Phi) is 4.67. The van der Waals surface area contributed by atoms with E-state index in [1.807, 2.05) is 37.3 Å². The summed E-state index contributed by atoms with van der Waals surface area (Å²) in [5, 5.41) is 0. The molecular weight excluding hydrogens is 248 g/mol. The number of benzene rings is 1. The van der Waals surface area contributed by atoms with E-state index in [1.165, 1.54) is 5.56 Å². The number of Topliss-reactive ketones (excluding diaryl/α,β-unsaturated/α-hetero) is 1. The van der Waals surface area contributed by atoms with Crippen molar-refractivity contribution in [3.8, 4) is 0 Å². The van der Waals surface area contributed by atoms with Gasteiger partial charge in [-0.15, -0.1) is 0 Å². The lowest BCUT2D eigenvalue weighted by Crippen LogP contribution is -2.24. The molecule has 0 aromatic heterocycles. The second-order valence-corrected chi connectivity index (χ2v) is 5.27. The fraction of sp³-hybridized carbons (Fsp3) is 0.333. The van der Waals surface area contributed by atoms with Crippen molar-refractivity contribution in [2.45, 2.75) is 26.7 Å². The maximum absolute atomic E-state index is 12.7. The predicted octanol–water partition coefficient (Wildman–Crippen LogP) is 3.69. The van der Waals surface area contributed by atoms with E-state index >= 15 is 0 Å². The summed E-state index contributed by atoms with van der Waals surface area (Å²) in [6.07, 6.45) is 10.2. The number of rotatable bonds is 5. The SMILES string of the molecule is CCCc1ccc(C)c(C(=O)C2C=CC=CC2C=O)c1. The molecule has 0 N–H and O–H groups in total. The summed E-state index contributed by atoms with van der Waals surface area (Å²) in [5.41, 5.74) is 2.90. The van der Waals surface area contributed by atoms with Crippen LogP contribution in [0.5, 0.6) is 0 Å². The van der Waals surface area contributed by atoms with Crippen molar-refractivity contribution in [3.63, 3.8) is 0 Å². The lowest BCUT2D eigenvalue weighted by atomic mass is 9.82. The highest BCUT2D eigenvalue weighted by atomic mass is 16.1. The Hall–Kier alpha value is -1.96. The molecule has 2 unspecified atom stereocenters. The molecule has 0 bridgehead atoms. The van der Waals surface area contributed by atoms with E-state index < -0.39 is 0 Å². The van der Waals surface area contributed by atoms with Gasteiger partial charge in [-0.3, -0.25) is 4.79 Å². The highest BCUT2D eigenvalue weighted by Crippen LogP contribution is 2.25. The Labute approximate surface area is 120 Å². The van der Waals surface area contributed by atoms with E-state index in [0.29, 0.717) is 0 Å². The zero-order valence-electron chi connectivity index (χ0n) is 12.0. The Bertz CT molecular complexity index is 567. The number of allylic oxidation sites excluding steroid dienone is 4. The van der Waals surface area contributed by atoms with Gasteiger partial charge in [0, 0.05) is 11.5 Å². The molecule has 0 spiro atoms. The number of hydrogen-bond acceptors (Lipinski definition) is 2. The monoisotopic (exact) mass is 268 g/mol. The lowest BCUT2D eigenvalue weighted by Gasteiger charge is -2.19. The molecule has 104 valence electrons. The smallest absolute Gasteiger partial charge is 0.171 e. The number of ketones is 1. The third-order valence-corrected chi connectivity index (χ3v) is 3.74. The molecule has 2 rings (SSSR count). The maximum atomic E-state index is 12.7. The molecule has 0 saturated heterocycles. The molecule has 0 amide bonds. The molecule has 1 aliphatic carbocycles. The van der Waals surface area contributed by atoms with Crippen LogP contribution in [0.25, 0.3) is 0 Å². The minimum atomic E-state index is -0.368. The van der Waals surface area contributed by atoms with Gasteiger partial charge in [-0.25, -0.2) is 0 Å². The fourth-order valence-electron chi connectivity index (χ4n) is 2.57. The van der Waals surface area contributed by atoms with E-state index in [9.17, 15) is 9.59 Å². The summed E-state index contributed by atoms with van der Waals surface area (Å²) in [6.45, 7) is 4.07. The van der Waals surface area contributed by atoms with Gasteiger partial charge in [0.2, 0.25) is 0 Å². The van der Waals surface area contributed by atoms with E-state index in [-0.39, 0.29) is 17.6 Å². The molecular formula is C18H20O2. The molecule has 0 radical (unpaired) electrons. The van der Waals surface area contributed by atoms with E-state index in [2.05, 4.69) is 13.0 Å². The van der Waals surface area contributed by atoms with Gasteiger partial charge in [-0.2, -0.15) is 0 Å². The molecule has 2 heteroatoms. The van der Waals surface area contributed by atoms with Crippen molar-refractivity contribution in [1.82, 2.24) is 0 Å². The molecule has 1 aromatic carbocycles. The zero-order chi connectivity index (χ0) is 14.5. The van der Waals surface area contributed by atoms with Gasteiger partial charge < -0.3 is 4.79 Å². The van der Waals surface area contributed by atoms with Crippen molar-refractivity contribution in [3.05, 3.63) is 59.2 Å². The van der Waals surface area contributed by atoms with Gasteiger partial charge in [0.1, 0.15) is 6.29 Å². The largest absolute Gasteiger partial charge is 0.303 e. The first-order valence-electron chi connectivity index (χ1n) is 7.11. The lowest BCUT2D eigenvalue weighted by molar-refractivity contribution is -0.110. The number of carbonyl (C=O) groups excluding carboxylic acids is 2. The van der Waals surface area contributed by atoms with E-state index in [0.717, 1.165) is 30.3 Å². The van der Waals surface area contributed by atoms with Crippen LogP contribution in [0.4, 0.5) is 0 Å². The van der Waals surface area contributed by atoms with Crippen LogP contribution in [0.1, 0.15) is 34.8 Å². The first-order chi connectivity index (χ1) is 9.67. The topological polar surface area (TPSA) is 34.1 Å². The van der Waals surface area contributed by atoms with Gasteiger partial charge in [-0.05, 0) is 30.5 Å². The summed E-state index contributed by atoms with van der Waals surface area (Å²) in [5.74, 6) is -0.673. The standard InChI is InChI=1S/C18H20O2/c1-3-6-14-10-9-13(2)17(11-14)18(20)16-8-5-4-7-15(16)12-19/h4-5,7-12,15-16H,3,6H2,1-2H3. The number of carbonyl (C=O) groups is 2. The van der Waals surface area contributed by atoms with Crippen LogP contribution in [0.2, 0.25) is 0 Å². The van der Waals surface area contributed by atoms with Crippen LogP contribution in [0.3, 0.4) is 0 Å². The molecule has 0 aliphatic heterocycles. The van der Waals surface area contributed by atoms with Crippen LogP contribution in [-0.4, -0.2) is 12.1 Å². The number of aryl methyl sites for hydroxylation is 2. The van der Waals surface area contributed by atoms with Crippen LogP contribution in [0.15, 0.2) is 42.5 Å². The van der Waals surface area contributed by atoms with Crippen molar-refractivity contribution in [1.29, 1.82) is 0 Å². The summed E-state index contributed by atoms with van der Waals surface area (Å²) >= 11 is 0. The maximum Gasteiger partial charge on any atom is 0.171 e. The summed E-state index contributed by atoms with van der Waals surface area (Å²) in [7, 11) is 0. The summed E-state index contributed by atoms with van der Waals surface area (Å²) in [4.78, 5) is 23.8. The Morgan fingerprint density at radius 1 is 1.25 bits per heavy atom. The molecule has 2 atom stereocenters. The van der Waals surface area contributed by atoms with Gasteiger partial charge in [0.15, 0.2) is 5.78 Å². The van der Waals surface area contributed by atoms with Crippen molar-refractivity contribution < 1.29 is 9.59 Å². The van der Waals surface area contributed by atoms with Crippen LogP contribution >= 0.6 is 0 Å². The Morgan fingerprint density at radius 2 is 2.00 bits per heavy atom. The van der Waals surface area contributed by atoms with Crippen LogP contribution < -0.4 is 0 Å². The molecule has 0 saturated carbocycles. The molecule has 1 aliphatic rings. The minimum absolute atomic E-state index is 0.0400. The Balaban J connectivity index is 2.32. The fourth-order valence-corrected chi connectivity index (χ4v) is 2.57. The second-order valence-electron chi connectivity index (χ2n) is 5.27. The average molecular weight is 268 g/mol. The molecule has 0 fully saturated rings. The molecule has 1 aromatic rings. The van der Waals surface area contributed by atoms with Crippen LogP contribution in [0, 0.1) is 18.8 Å². The van der Waals surface area contributed by atoms with Crippen LogP contribution in [-0.2, 0) is 11.2 Å². The molecule has 2 nitrogen and oxygen atoms in total. The molecule has 0 heterocycles. The van der Waals surface area contributed by atoms with Gasteiger partial charge >= 0.3 is 0 Å². The van der Waals surface area contributed by atoms with Gasteiger partial charge in [-0.1, -0.05) is 49.8 Å². The Morgan fingerprint density at radius 3 is 2.70 bits per heavy atom. The second kappa shape index (κ2) is 6.47. The van der Waals surface area contributed by atoms with Crippen molar-refractivity contribution in [2.24, 2.45) is 11.8 Å². The molecule has 20 heavy (non-hydrogen) atoms. The highest BCUT2D eigenvalue weighted by molar-refractivity contribution is 6.02. The van der Waals surface area contributed by atoms with E-state index in [4.69, 9.17) is 0 Å². The normalized spacial score (nSPS) is 20.9. The van der Waals surface area contributed by atoms with Gasteiger partial charge in [0.25, 0.3) is 0 Å². The first-order valence-corrected chi connectivity index (χ1v) is 7.11. The average Bonchev–Trinajstić information content (AvgIpc) is 2.48. The summed E-state index contributed by atoms with van der Waals surface area (Å²) < 4.78 is 0. The highest BCUT2D eigenvalue weighted by Gasteiger charge is 2.27. The quantitative estimate of drug-likeness (QED) is 0.603. The van der Waals surface area contributed by atoms with Crippen molar-refractivity contribution >= 4 is 12.1 Å². The van der Waals surface area contributed by atoms with E-state index in [1.54, 1.807) is 6.08 Å². The summed E-state index contributed by atoms with van der Waals surface area (Å²) in [6, 6.07) is 6.05. The first kappa shape index (κ1) is 14.4. The number of hydrogen-bond donors (Lipinski definition) is 0. The third kappa shape index (κ3) is 2.96. The third-order valence-electron chi connectivity index (χ3n) is 3.74. The van der Waals surface area contributed by atoms with Gasteiger partial charge in [0.05, 0.1) is 5.92 Å².